The van der Waals surface area contributed by atoms with Gasteiger partial charge in [-0.2, -0.15) is 0 Å². The molecule has 0 radical (unpaired) electrons. The van der Waals surface area contributed by atoms with Crippen molar-refractivity contribution in [2.75, 3.05) is 13.1 Å². The third-order valence-electron chi connectivity index (χ3n) is 4.54. The molecule has 4 heteroatoms. The zero-order chi connectivity index (χ0) is 16.8. The normalized spacial score (nSPS) is 18.3. The van der Waals surface area contributed by atoms with Gasteiger partial charge >= 0.3 is 0 Å². The number of hydrogen-bond donors (Lipinski definition) is 1. The van der Waals surface area contributed by atoms with E-state index in [1.165, 1.54) is 5.56 Å². The summed E-state index contributed by atoms with van der Waals surface area (Å²) in [6.07, 6.45) is 2.02. The van der Waals surface area contributed by atoms with Crippen molar-refractivity contribution < 1.29 is 4.79 Å². The number of hydrogen-bond acceptors (Lipinski definition) is 2. The minimum atomic E-state index is 0.0601. The first-order valence-electron chi connectivity index (χ1n) is 8.50. The first kappa shape index (κ1) is 17.0. The van der Waals surface area contributed by atoms with E-state index in [4.69, 9.17) is 11.6 Å². The number of likely N-dealkylation sites (tertiary alicyclic amines) is 1. The first-order valence-corrected chi connectivity index (χ1v) is 8.87. The van der Waals surface area contributed by atoms with Gasteiger partial charge in [-0.15, -0.1) is 0 Å². The summed E-state index contributed by atoms with van der Waals surface area (Å²) in [6, 6.07) is 18.1. The predicted molar refractivity (Wildman–Crippen MR) is 97.7 cm³/mol. The van der Waals surface area contributed by atoms with Crippen LogP contribution in [0.3, 0.4) is 0 Å². The van der Waals surface area contributed by atoms with Crippen molar-refractivity contribution in [1.29, 1.82) is 0 Å². The zero-order valence-corrected chi connectivity index (χ0v) is 14.5. The molecule has 1 unspecified atom stereocenters. The molecule has 1 aliphatic heterocycles. The van der Waals surface area contributed by atoms with E-state index in [-0.39, 0.29) is 11.8 Å². The molecule has 1 heterocycles. The molecule has 1 saturated heterocycles. The van der Waals surface area contributed by atoms with Crippen LogP contribution in [0, 0.1) is 5.92 Å². The highest BCUT2D eigenvalue weighted by molar-refractivity contribution is 6.31. The van der Waals surface area contributed by atoms with E-state index < -0.39 is 0 Å². The van der Waals surface area contributed by atoms with Gasteiger partial charge in [0.2, 0.25) is 5.91 Å². The quantitative estimate of drug-likeness (QED) is 0.894. The van der Waals surface area contributed by atoms with Crippen LogP contribution in [0.4, 0.5) is 0 Å². The fourth-order valence-electron chi connectivity index (χ4n) is 3.22. The Kier molecular flexibility index (Phi) is 5.89. The second-order valence-corrected chi connectivity index (χ2v) is 6.78. The van der Waals surface area contributed by atoms with Crippen LogP contribution in [0.15, 0.2) is 54.6 Å². The number of benzene rings is 2. The van der Waals surface area contributed by atoms with Gasteiger partial charge < -0.3 is 5.32 Å². The van der Waals surface area contributed by atoms with E-state index in [0.717, 1.165) is 38.0 Å². The Morgan fingerprint density at radius 1 is 1.12 bits per heavy atom. The molecule has 2 aromatic carbocycles. The standard InChI is InChI=1S/C20H23ClN2O/c21-19-11-5-4-9-17(19)13-22-20(24)18-10-6-12-23(15-18)14-16-7-2-1-3-8-16/h1-5,7-9,11,18H,6,10,12-15H2,(H,22,24). The highest BCUT2D eigenvalue weighted by Gasteiger charge is 2.25. The fourth-order valence-corrected chi connectivity index (χ4v) is 3.43. The van der Waals surface area contributed by atoms with E-state index in [1.54, 1.807) is 0 Å². The van der Waals surface area contributed by atoms with Crippen molar-refractivity contribution in [1.82, 2.24) is 10.2 Å². The number of halogens is 1. The Hall–Kier alpha value is -1.84. The number of nitrogens with one attached hydrogen (secondary N) is 1. The lowest BCUT2D eigenvalue weighted by Gasteiger charge is -2.32. The third kappa shape index (κ3) is 4.59. The number of piperidine rings is 1. The summed E-state index contributed by atoms with van der Waals surface area (Å²) in [4.78, 5) is 14.9. The summed E-state index contributed by atoms with van der Waals surface area (Å²) in [5.41, 5.74) is 2.26. The lowest BCUT2D eigenvalue weighted by Crippen LogP contribution is -2.42. The molecule has 2 aromatic rings. The predicted octanol–water partition coefficient (Wildman–Crippen LogP) is 3.87. The van der Waals surface area contributed by atoms with Crippen molar-refractivity contribution in [2.45, 2.75) is 25.9 Å². The lowest BCUT2D eigenvalue weighted by atomic mass is 9.96. The molecule has 3 nitrogen and oxygen atoms in total. The van der Waals surface area contributed by atoms with Gasteiger partial charge in [0.15, 0.2) is 0 Å². The molecule has 1 N–H and O–H groups in total. The van der Waals surface area contributed by atoms with Gasteiger partial charge in [0, 0.05) is 24.7 Å². The molecule has 0 bridgehead atoms. The summed E-state index contributed by atoms with van der Waals surface area (Å²) in [5, 5.41) is 3.74. The molecule has 1 atom stereocenters. The number of amides is 1. The Morgan fingerprint density at radius 3 is 2.67 bits per heavy atom. The average molecular weight is 343 g/mol. The maximum atomic E-state index is 12.5. The van der Waals surface area contributed by atoms with Gasteiger partial charge in [0.25, 0.3) is 0 Å². The molecule has 3 rings (SSSR count). The van der Waals surface area contributed by atoms with Gasteiger partial charge in [0.05, 0.1) is 5.92 Å². The fraction of sp³-hybridized carbons (Fsp3) is 0.350. The Morgan fingerprint density at radius 2 is 1.88 bits per heavy atom. The number of rotatable bonds is 5. The first-order chi connectivity index (χ1) is 11.7. The molecular weight excluding hydrogens is 320 g/mol. The second-order valence-electron chi connectivity index (χ2n) is 6.37. The molecule has 1 amide bonds. The van der Waals surface area contributed by atoms with E-state index in [9.17, 15) is 4.79 Å². The van der Waals surface area contributed by atoms with Gasteiger partial charge in [-0.05, 0) is 36.6 Å². The molecule has 24 heavy (non-hydrogen) atoms. The maximum absolute atomic E-state index is 12.5. The Labute approximate surface area is 148 Å². The van der Waals surface area contributed by atoms with Crippen molar-refractivity contribution in [3.05, 3.63) is 70.7 Å². The summed E-state index contributed by atoms with van der Waals surface area (Å²) < 4.78 is 0. The molecule has 1 aliphatic rings. The van der Waals surface area contributed by atoms with Gasteiger partial charge in [-0.1, -0.05) is 60.1 Å². The van der Waals surface area contributed by atoms with Crippen LogP contribution in [0.5, 0.6) is 0 Å². The average Bonchev–Trinajstić information content (AvgIpc) is 2.62. The van der Waals surface area contributed by atoms with Crippen LogP contribution in [-0.4, -0.2) is 23.9 Å². The van der Waals surface area contributed by atoms with Crippen molar-refractivity contribution in [2.24, 2.45) is 5.92 Å². The number of nitrogens with zero attached hydrogens (tertiary/aromatic N) is 1. The monoisotopic (exact) mass is 342 g/mol. The molecule has 1 fully saturated rings. The van der Waals surface area contributed by atoms with Gasteiger partial charge in [-0.25, -0.2) is 0 Å². The van der Waals surface area contributed by atoms with E-state index in [2.05, 4.69) is 34.5 Å². The number of carbonyl (C=O) groups is 1. The largest absolute Gasteiger partial charge is 0.352 e. The zero-order valence-electron chi connectivity index (χ0n) is 13.7. The smallest absolute Gasteiger partial charge is 0.224 e. The van der Waals surface area contributed by atoms with E-state index in [0.29, 0.717) is 11.6 Å². The van der Waals surface area contributed by atoms with Crippen LogP contribution < -0.4 is 5.32 Å². The molecular formula is C20H23ClN2O. The Bertz CT molecular complexity index is 674. The highest BCUT2D eigenvalue weighted by atomic mass is 35.5. The van der Waals surface area contributed by atoms with Gasteiger partial charge in [-0.3, -0.25) is 9.69 Å². The minimum Gasteiger partial charge on any atom is -0.352 e. The van der Waals surface area contributed by atoms with Crippen LogP contribution >= 0.6 is 11.6 Å². The van der Waals surface area contributed by atoms with Crippen molar-refractivity contribution >= 4 is 17.5 Å². The lowest BCUT2D eigenvalue weighted by molar-refractivity contribution is -0.126. The minimum absolute atomic E-state index is 0.0601. The van der Waals surface area contributed by atoms with Crippen molar-refractivity contribution in [3.63, 3.8) is 0 Å². The summed E-state index contributed by atoms with van der Waals surface area (Å²) in [7, 11) is 0. The maximum Gasteiger partial charge on any atom is 0.224 e. The molecule has 0 spiro atoms. The van der Waals surface area contributed by atoms with E-state index >= 15 is 0 Å². The topological polar surface area (TPSA) is 32.3 Å². The van der Waals surface area contributed by atoms with Gasteiger partial charge in [0.1, 0.15) is 0 Å². The molecule has 0 saturated carbocycles. The third-order valence-corrected chi connectivity index (χ3v) is 4.90. The summed E-state index contributed by atoms with van der Waals surface area (Å²) >= 11 is 6.15. The number of carbonyl (C=O) groups excluding carboxylic acids is 1. The summed E-state index contributed by atoms with van der Waals surface area (Å²) in [6.45, 7) is 3.29. The van der Waals surface area contributed by atoms with Crippen LogP contribution in [0.1, 0.15) is 24.0 Å². The SMILES string of the molecule is O=C(NCc1ccccc1Cl)C1CCCN(Cc2ccccc2)C1. The molecule has 0 aromatic heterocycles. The highest BCUT2D eigenvalue weighted by Crippen LogP contribution is 2.20. The van der Waals surface area contributed by atoms with E-state index in [1.807, 2.05) is 30.3 Å². The van der Waals surface area contributed by atoms with Crippen LogP contribution in [0.25, 0.3) is 0 Å². The van der Waals surface area contributed by atoms with Crippen molar-refractivity contribution in [3.8, 4) is 0 Å². The molecule has 0 aliphatic carbocycles. The second kappa shape index (κ2) is 8.32. The molecule has 126 valence electrons. The van der Waals surface area contributed by atoms with Crippen LogP contribution in [0.2, 0.25) is 5.02 Å². The Balaban J connectivity index is 1.52. The van der Waals surface area contributed by atoms with Crippen LogP contribution in [-0.2, 0) is 17.9 Å². The summed E-state index contributed by atoms with van der Waals surface area (Å²) in [5.74, 6) is 0.192.